The van der Waals surface area contributed by atoms with E-state index in [0.29, 0.717) is 23.6 Å². The van der Waals surface area contributed by atoms with E-state index in [0.717, 1.165) is 32.6 Å². The second kappa shape index (κ2) is 5.65. The van der Waals surface area contributed by atoms with E-state index in [2.05, 4.69) is 17.6 Å². The number of nitrogens with one attached hydrogen (secondary N) is 2. The SMILES string of the molecule is CC(CC1COCCN1)NC1CCS(=O)(=O)C1. The first-order valence-electron chi connectivity index (χ1n) is 6.33. The Kier molecular flexibility index (Phi) is 4.41. The maximum absolute atomic E-state index is 11.3. The number of hydrogen-bond donors (Lipinski definition) is 2. The van der Waals surface area contributed by atoms with Gasteiger partial charge in [-0.25, -0.2) is 8.42 Å². The first kappa shape index (κ1) is 13.3. The molecule has 0 aromatic rings. The topological polar surface area (TPSA) is 67.4 Å². The van der Waals surface area contributed by atoms with Gasteiger partial charge in [0.25, 0.3) is 0 Å². The number of hydrogen-bond acceptors (Lipinski definition) is 5. The van der Waals surface area contributed by atoms with Gasteiger partial charge in [0.05, 0.1) is 24.7 Å². The first-order valence-corrected chi connectivity index (χ1v) is 8.15. The van der Waals surface area contributed by atoms with Crippen LogP contribution < -0.4 is 10.6 Å². The van der Waals surface area contributed by atoms with Crippen molar-refractivity contribution >= 4 is 9.84 Å². The molecule has 2 rings (SSSR count). The van der Waals surface area contributed by atoms with Crippen LogP contribution >= 0.6 is 0 Å². The fraction of sp³-hybridized carbons (Fsp3) is 1.00. The molecular weight excluding hydrogens is 240 g/mol. The molecule has 6 heteroatoms. The first-order chi connectivity index (χ1) is 8.05. The third-order valence-corrected chi connectivity index (χ3v) is 5.16. The van der Waals surface area contributed by atoms with Gasteiger partial charge in [-0.05, 0) is 19.8 Å². The molecule has 5 nitrogen and oxygen atoms in total. The summed E-state index contributed by atoms with van der Waals surface area (Å²) in [6, 6.07) is 0.858. The zero-order valence-corrected chi connectivity index (χ0v) is 11.1. The van der Waals surface area contributed by atoms with Crippen LogP contribution in [0.5, 0.6) is 0 Å². The highest BCUT2D eigenvalue weighted by Gasteiger charge is 2.29. The molecule has 2 saturated heterocycles. The molecule has 0 spiro atoms. The lowest BCUT2D eigenvalue weighted by atomic mass is 10.1. The van der Waals surface area contributed by atoms with Crippen molar-refractivity contribution in [3.63, 3.8) is 0 Å². The lowest BCUT2D eigenvalue weighted by molar-refractivity contribution is 0.0709. The zero-order chi connectivity index (χ0) is 12.3. The predicted molar refractivity (Wildman–Crippen MR) is 66.9 cm³/mol. The number of sulfone groups is 1. The van der Waals surface area contributed by atoms with Crippen LogP contribution in [0.2, 0.25) is 0 Å². The zero-order valence-electron chi connectivity index (χ0n) is 10.3. The quantitative estimate of drug-likeness (QED) is 0.717. The molecule has 2 fully saturated rings. The average molecular weight is 262 g/mol. The van der Waals surface area contributed by atoms with Crippen molar-refractivity contribution in [2.75, 3.05) is 31.3 Å². The molecule has 0 aromatic heterocycles. The fourth-order valence-corrected chi connectivity index (χ4v) is 4.28. The van der Waals surface area contributed by atoms with Gasteiger partial charge in [0.15, 0.2) is 9.84 Å². The molecule has 2 aliphatic heterocycles. The summed E-state index contributed by atoms with van der Waals surface area (Å²) in [4.78, 5) is 0. The van der Waals surface area contributed by atoms with Gasteiger partial charge in [0, 0.05) is 24.7 Å². The third-order valence-electron chi connectivity index (χ3n) is 3.39. The molecule has 0 aliphatic carbocycles. The highest BCUT2D eigenvalue weighted by Crippen LogP contribution is 2.13. The molecule has 2 heterocycles. The summed E-state index contributed by atoms with van der Waals surface area (Å²) < 4.78 is 28.1. The molecule has 3 unspecified atom stereocenters. The van der Waals surface area contributed by atoms with E-state index in [4.69, 9.17) is 4.74 Å². The van der Waals surface area contributed by atoms with Crippen LogP contribution in [0.25, 0.3) is 0 Å². The van der Waals surface area contributed by atoms with Crippen molar-refractivity contribution in [1.29, 1.82) is 0 Å². The van der Waals surface area contributed by atoms with Crippen LogP contribution in [0.3, 0.4) is 0 Å². The number of morpholine rings is 1. The second-order valence-electron chi connectivity index (χ2n) is 5.13. The third kappa shape index (κ3) is 4.21. The van der Waals surface area contributed by atoms with Crippen molar-refractivity contribution in [1.82, 2.24) is 10.6 Å². The minimum absolute atomic E-state index is 0.138. The molecule has 100 valence electrons. The normalized spacial score (nSPS) is 34.6. The van der Waals surface area contributed by atoms with E-state index in [1.54, 1.807) is 0 Å². The summed E-state index contributed by atoms with van der Waals surface area (Å²) in [5, 5.41) is 6.81. The summed E-state index contributed by atoms with van der Waals surface area (Å²) >= 11 is 0. The van der Waals surface area contributed by atoms with Crippen molar-refractivity contribution in [2.45, 2.75) is 37.9 Å². The Hall–Kier alpha value is -0.170. The van der Waals surface area contributed by atoms with Gasteiger partial charge in [-0.2, -0.15) is 0 Å². The maximum Gasteiger partial charge on any atom is 0.151 e. The van der Waals surface area contributed by atoms with Crippen molar-refractivity contribution < 1.29 is 13.2 Å². The standard InChI is InChI=1S/C11H22N2O3S/c1-9(6-11-7-16-4-3-12-11)13-10-2-5-17(14,15)8-10/h9-13H,2-8H2,1H3. The monoisotopic (exact) mass is 262 g/mol. The van der Waals surface area contributed by atoms with Crippen LogP contribution in [0.15, 0.2) is 0 Å². The van der Waals surface area contributed by atoms with Crippen LogP contribution in [0, 0.1) is 0 Å². The van der Waals surface area contributed by atoms with Gasteiger partial charge >= 0.3 is 0 Å². The predicted octanol–water partition coefficient (Wildman–Crippen LogP) is -0.470. The summed E-state index contributed by atoms with van der Waals surface area (Å²) in [5.74, 6) is 0.633. The summed E-state index contributed by atoms with van der Waals surface area (Å²) in [6.45, 7) is 4.57. The van der Waals surface area contributed by atoms with Crippen molar-refractivity contribution in [2.24, 2.45) is 0 Å². The summed E-state index contributed by atoms with van der Waals surface area (Å²) in [5.41, 5.74) is 0. The molecule has 2 N–H and O–H groups in total. The summed E-state index contributed by atoms with van der Waals surface area (Å²) in [6.07, 6.45) is 1.73. The van der Waals surface area contributed by atoms with E-state index in [-0.39, 0.29) is 6.04 Å². The van der Waals surface area contributed by atoms with Crippen molar-refractivity contribution in [3.8, 4) is 0 Å². The lowest BCUT2D eigenvalue weighted by Gasteiger charge is -2.28. The largest absolute Gasteiger partial charge is 0.379 e. The molecule has 2 aliphatic rings. The maximum atomic E-state index is 11.3. The highest BCUT2D eigenvalue weighted by atomic mass is 32.2. The molecule has 0 saturated carbocycles. The molecule has 0 aromatic carbocycles. The Balaban J connectivity index is 1.72. The molecular formula is C11H22N2O3S. The Morgan fingerprint density at radius 1 is 1.53 bits per heavy atom. The van der Waals surface area contributed by atoms with Gasteiger partial charge in [0.2, 0.25) is 0 Å². The number of rotatable bonds is 4. The van der Waals surface area contributed by atoms with Crippen LogP contribution in [0.4, 0.5) is 0 Å². The van der Waals surface area contributed by atoms with Gasteiger partial charge in [0.1, 0.15) is 0 Å². The van der Waals surface area contributed by atoms with Gasteiger partial charge < -0.3 is 15.4 Å². The second-order valence-corrected chi connectivity index (χ2v) is 7.36. The van der Waals surface area contributed by atoms with Gasteiger partial charge in [-0.15, -0.1) is 0 Å². The van der Waals surface area contributed by atoms with E-state index < -0.39 is 9.84 Å². The lowest BCUT2D eigenvalue weighted by Crippen LogP contribution is -2.46. The van der Waals surface area contributed by atoms with E-state index in [9.17, 15) is 8.42 Å². The van der Waals surface area contributed by atoms with Crippen molar-refractivity contribution in [3.05, 3.63) is 0 Å². The van der Waals surface area contributed by atoms with Crippen LogP contribution in [0.1, 0.15) is 19.8 Å². The molecule has 3 atom stereocenters. The molecule has 0 radical (unpaired) electrons. The van der Waals surface area contributed by atoms with Crippen LogP contribution in [-0.2, 0) is 14.6 Å². The van der Waals surface area contributed by atoms with Crippen LogP contribution in [-0.4, -0.2) is 57.8 Å². The van der Waals surface area contributed by atoms with E-state index >= 15 is 0 Å². The Labute approximate surface area is 103 Å². The average Bonchev–Trinajstić information content (AvgIpc) is 2.59. The molecule has 0 amide bonds. The Morgan fingerprint density at radius 3 is 2.94 bits per heavy atom. The van der Waals surface area contributed by atoms with Gasteiger partial charge in [-0.3, -0.25) is 0 Å². The van der Waals surface area contributed by atoms with Gasteiger partial charge in [-0.1, -0.05) is 0 Å². The smallest absolute Gasteiger partial charge is 0.151 e. The number of ether oxygens (including phenoxy) is 1. The molecule has 17 heavy (non-hydrogen) atoms. The van der Waals surface area contributed by atoms with E-state index in [1.807, 2.05) is 0 Å². The molecule has 0 bridgehead atoms. The van der Waals surface area contributed by atoms with E-state index in [1.165, 1.54) is 0 Å². The summed E-state index contributed by atoms with van der Waals surface area (Å²) in [7, 11) is -2.78. The minimum atomic E-state index is -2.78. The Bertz CT molecular complexity index is 339. The minimum Gasteiger partial charge on any atom is -0.379 e. The highest BCUT2D eigenvalue weighted by molar-refractivity contribution is 7.91. The fourth-order valence-electron chi connectivity index (χ4n) is 2.59. The Morgan fingerprint density at radius 2 is 2.35 bits per heavy atom.